The van der Waals surface area contributed by atoms with Gasteiger partial charge in [0.15, 0.2) is 18.4 Å². The normalized spacial score (nSPS) is 19.6. The van der Waals surface area contributed by atoms with Gasteiger partial charge in [-0.2, -0.15) is 0 Å². The highest BCUT2D eigenvalue weighted by Crippen LogP contribution is 2.29. The number of furan rings is 1. The molecular formula is C20H23N5O6. The Morgan fingerprint density at radius 2 is 2.03 bits per heavy atom. The van der Waals surface area contributed by atoms with Crippen molar-refractivity contribution in [1.29, 1.82) is 0 Å². The molecule has 2 N–H and O–H groups in total. The number of ether oxygens (including phenoxy) is 1. The molecule has 0 unspecified atom stereocenters. The van der Waals surface area contributed by atoms with Gasteiger partial charge in [-0.25, -0.2) is 19.5 Å². The van der Waals surface area contributed by atoms with Crippen LogP contribution in [0, 0.1) is 5.41 Å². The molecule has 164 valence electrons. The van der Waals surface area contributed by atoms with Crippen molar-refractivity contribution >= 4 is 40.9 Å². The van der Waals surface area contributed by atoms with E-state index in [2.05, 4.69) is 15.6 Å². The number of nitrogens with one attached hydrogen (secondary N) is 2. The largest absolute Gasteiger partial charge is 0.457 e. The Hall–Kier alpha value is -3.63. The number of carbonyl (C=O) groups excluding carboxylic acids is 4. The average molecular weight is 429 g/mol. The number of aromatic nitrogens is 1. The molecule has 2 aromatic heterocycles. The third kappa shape index (κ3) is 3.90. The Labute approximate surface area is 177 Å². The summed E-state index contributed by atoms with van der Waals surface area (Å²) in [4.78, 5) is 55.8. The molecule has 1 atom stereocenters. The fourth-order valence-corrected chi connectivity index (χ4v) is 3.25. The number of hydrogen-bond acceptors (Lipinski definition) is 7. The van der Waals surface area contributed by atoms with Gasteiger partial charge in [-0.15, -0.1) is 0 Å². The van der Waals surface area contributed by atoms with Crippen LogP contribution in [-0.2, 0) is 14.3 Å². The zero-order chi connectivity index (χ0) is 22.3. The smallest absolute Gasteiger partial charge is 0.327 e. The first kappa shape index (κ1) is 20.6. The van der Waals surface area contributed by atoms with Gasteiger partial charge >= 0.3 is 18.0 Å². The van der Waals surface area contributed by atoms with E-state index in [0.29, 0.717) is 30.0 Å². The topological polar surface area (TPSA) is 134 Å². The highest BCUT2D eigenvalue weighted by Gasteiger charge is 2.42. The summed E-state index contributed by atoms with van der Waals surface area (Å²) in [5, 5.41) is 5.29. The van der Waals surface area contributed by atoms with E-state index < -0.39 is 36.1 Å². The zero-order valence-corrected chi connectivity index (χ0v) is 17.4. The van der Waals surface area contributed by atoms with Crippen molar-refractivity contribution in [2.24, 2.45) is 5.41 Å². The van der Waals surface area contributed by atoms with Crippen molar-refractivity contribution in [1.82, 2.24) is 20.5 Å². The zero-order valence-electron chi connectivity index (χ0n) is 17.4. The van der Waals surface area contributed by atoms with Gasteiger partial charge in [0.2, 0.25) is 0 Å². The number of hydrogen-bond donors (Lipinski definition) is 2. The van der Waals surface area contributed by atoms with Crippen LogP contribution in [0.4, 0.5) is 15.4 Å². The third-order valence-corrected chi connectivity index (χ3v) is 4.98. The van der Waals surface area contributed by atoms with Crippen LogP contribution in [0.25, 0.3) is 11.1 Å². The molecule has 0 radical (unpaired) electrons. The summed E-state index contributed by atoms with van der Waals surface area (Å²) in [5.41, 5.74) is 0.104. The van der Waals surface area contributed by atoms with Gasteiger partial charge in [0.05, 0.1) is 5.41 Å². The monoisotopic (exact) mass is 429 g/mol. The number of urea groups is 2. The van der Waals surface area contributed by atoms with Crippen molar-refractivity contribution in [3.05, 3.63) is 24.0 Å². The maximum atomic E-state index is 12.7. The number of amides is 5. The van der Waals surface area contributed by atoms with E-state index in [1.165, 1.54) is 4.90 Å². The second-order valence-electron chi connectivity index (χ2n) is 8.40. The van der Waals surface area contributed by atoms with E-state index in [9.17, 15) is 19.2 Å². The van der Waals surface area contributed by atoms with Crippen LogP contribution < -0.4 is 15.5 Å². The van der Waals surface area contributed by atoms with Gasteiger partial charge in [-0.05, 0) is 39.3 Å². The SMILES string of the molecule is CC(C)(C)C(=O)OCN1C(=O)N[C@@H](c2cc3nc(N4CCCNC4=O)ccc3o2)C1=O. The minimum atomic E-state index is -1.06. The minimum absolute atomic E-state index is 0.200. The number of anilines is 1. The van der Waals surface area contributed by atoms with Crippen molar-refractivity contribution in [3.63, 3.8) is 0 Å². The maximum Gasteiger partial charge on any atom is 0.327 e. The van der Waals surface area contributed by atoms with E-state index in [4.69, 9.17) is 9.15 Å². The molecule has 11 heteroatoms. The number of esters is 1. The third-order valence-electron chi connectivity index (χ3n) is 4.98. The molecule has 0 aromatic carbocycles. The second-order valence-corrected chi connectivity index (χ2v) is 8.40. The average Bonchev–Trinajstić information content (AvgIpc) is 3.25. The number of imide groups is 1. The van der Waals surface area contributed by atoms with E-state index in [-0.39, 0.29) is 11.8 Å². The van der Waals surface area contributed by atoms with Gasteiger partial charge in [0.25, 0.3) is 5.91 Å². The molecule has 5 amide bonds. The van der Waals surface area contributed by atoms with Crippen LogP contribution in [0.3, 0.4) is 0 Å². The molecule has 4 heterocycles. The predicted molar refractivity (Wildman–Crippen MR) is 108 cm³/mol. The minimum Gasteiger partial charge on any atom is -0.457 e. The van der Waals surface area contributed by atoms with Crippen LogP contribution in [0.1, 0.15) is 39.0 Å². The summed E-state index contributed by atoms with van der Waals surface area (Å²) in [6, 6.07) is 2.91. The van der Waals surface area contributed by atoms with E-state index in [1.807, 2.05) is 0 Å². The first-order valence-electron chi connectivity index (χ1n) is 9.90. The molecule has 0 aliphatic carbocycles. The quantitative estimate of drug-likeness (QED) is 0.560. The molecule has 2 aromatic rings. The summed E-state index contributed by atoms with van der Waals surface area (Å²) in [5.74, 6) is -0.458. The molecule has 0 saturated carbocycles. The second kappa shape index (κ2) is 7.56. The molecule has 0 bridgehead atoms. The fraction of sp³-hybridized carbons (Fsp3) is 0.450. The van der Waals surface area contributed by atoms with Crippen LogP contribution in [0.5, 0.6) is 0 Å². The highest BCUT2D eigenvalue weighted by atomic mass is 16.5. The van der Waals surface area contributed by atoms with Crippen LogP contribution in [0.2, 0.25) is 0 Å². The molecule has 11 nitrogen and oxygen atoms in total. The molecular weight excluding hydrogens is 406 g/mol. The number of rotatable bonds is 4. The standard InChI is InChI=1S/C20H23N5O6/c1-20(2,3)17(27)30-10-25-16(26)15(23-19(25)29)13-9-11-12(31-13)5-6-14(22-11)24-8-4-7-21-18(24)28/h5-6,9,15H,4,7-8,10H2,1-3H3,(H,21,28)(H,23,29)/t15-/m0/s1. The Morgan fingerprint density at radius 3 is 2.74 bits per heavy atom. The maximum absolute atomic E-state index is 12.7. The molecule has 2 aliphatic rings. The molecule has 0 spiro atoms. The lowest BCUT2D eigenvalue weighted by Gasteiger charge is -2.26. The lowest BCUT2D eigenvalue weighted by atomic mass is 9.98. The van der Waals surface area contributed by atoms with Gasteiger partial charge in [-0.1, -0.05) is 0 Å². The van der Waals surface area contributed by atoms with E-state index in [1.54, 1.807) is 39.0 Å². The van der Waals surface area contributed by atoms with Crippen molar-refractivity contribution in [2.75, 3.05) is 24.7 Å². The Morgan fingerprint density at radius 1 is 1.26 bits per heavy atom. The molecule has 2 saturated heterocycles. The fourth-order valence-electron chi connectivity index (χ4n) is 3.25. The number of pyridine rings is 1. The van der Waals surface area contributed by atoms with Crippen molar-refractivity contribution in [3.8, 4) is 0 Å². The van der Waals surface area contributed by atoms with Crippen molar-refractivity contribution < 1.29 is 28.3 Å². The summed E-state index contributed by atoms with van der Waals surface area (Å²) >= 11 is 0. The van der Waals surface area contributed by atoms with Crippen molar-refractivity contribution in [2.45, 2.75) is 33.2 Å². The lowest BCUT2D eigenvalue weighted by Crippen LogP contribution is -2.46. The van der Waals surface area contributed by atoms with Gasteiger partial charge in [0, 0.05) is 19.2 Å². The molecule has 31 heavy (non-hydrogen) atoms. The number of nitrogens with zero attached hydrogens (tertiary/aromatic N) is 3. The summed E-state index contributed by atoms with van der Waals surface area (Å²) in [7, 11) is 0. The Kier molecular flexibility index (Phi) is 5.03. The van der Waals surface area contributed by atoms with Crippen LogP contribution >= 0.6 is 0 Å². The number of carbonyl (C=O) groups is 4. The van der Waals surface area contributed by atoms with E-state index in [0.717, 1.165) is 11.3 Å². The van der Waals surface area contributed by atoms with Gasteiger partial charge in [-0.3, -0.25) is 14.5 Å². The molecule has 4 rings (SSSR count). The van der Waals surface area contributed by atoms with Gasteiger partial charge < -0.3 is 19.8 Å². The summed E-state index contributed by atoms with van der Waals surface area (Å²) in [6.45, 7) is 5.71. The highest BCUT2D eigenvalue weighted by molar-refractivity contribution is 6.04. The van der Waals surface area contributed by atoms with Gasteiger partial charge in [0.1, 0.15) is 17.1 Å². The molecule has 2 aliphatic heterocycles. The first-order valence-corrected chi connectivity index (χ1v) is 9.90. The Balaban J connectivity index is 1.52. The van der Waals surface area contributed by atoms with Crippen LogP contribution in [-0.4, -0.2) is 53.6 Å². The summed E-state index contributed by atoms with van der Waals surface area (Å²) in [6.07, 6.45) is 0.806. The molecule has 2 fully saturated rings. The number of fused-ring (bicyclic) bond motifs is 1. The predicted octanol–water partition coefficient (Wildman–Crippen LogP) is 1.89. The Bertz CT molecular complexity index is 1070. The lowest BCUT2D eigenvalue weighted by molar-refractivity contribution is -0.158. The van der Waals surface area contributed by atoms with Crippen LogP contribution in [0.15, 0.2) is 22.6 Å². The first-order chi connectivity index (χ1) is 14.6. The summed E-state index contributed by atoms with van der Waals surface area (Å²) < 4.78 is 10.8. The van der Waals surface area contributed by atoms with E-state index >= 15 is 0 Å².